The van der Waals surface area contributed by atoms with Crippen molar-refractivity contribution in [1.29, 1.82) is 0 Å². The Balaban J connectivity index is 2.51. The van der Waals surface area contributed by atoms with Gasteiger partial charge in [-0.1, -0.05) is 19.1 Å². The summed E-state index contributed by atoms with van der Waals surface area (Å²) in [6, 6.07) is 5.39. The maximum absolute atomic E-state index is 13.1. The highest BCUT2D eigenvalue weighted by Gasteiger charge is 2.40. The fraction of sp³-hybridized carbons (Fsp3) is 0.455. The van der Waals surface area contributed by atoms with Gasteiger partial charge in [0.25, 0.3) is 0 Å². The summed E-state index contributed by atoms with van der Waals surface area (Å²) in [6.45, 7) is 4.07. The van der Waals surface area contributed by atoms with Crippen molar-refractivity contribution in [1.82, 2.24) is 0 Å². The number of benzene rings is 1. The van der Waals surface area contributed by atoms with Crippen LogP contribution >= 0.6 is 0 Å². The SMILES string of the molecule is Cc1c(F)cccc1C1(C)CC1. The molecular formula is C11H13F. The van der Waals surface area contributed by atoms with Crippen LogP contribution in [0.1, 0.15) is 30.9 Å². The van der Waals surface area contributed by atoms with Crippen LogP contribution in [0.2, 0.25) is 0 Å². The molecule has 0 saturated heterocycles. The molecule has 0 spiro atoms. The lowest BCUT2D eigenvalue weighted by Gasteiger charge is -2.12. The van der Waals surface area contributed by atoms with Crippen molar-refractivity contribution in [2.75, 3.05) is 0 Å². The number of hydrogen-bond acceptors (Lipinski definition) is 0. The predicted molar refractivity (Wildman–Crippen MR) is 47.7 cm³/mol. The molecule has 12 heavy (non-hydrogen) atoms. The minimum atomic E-state index is -0.0689. The molecule has 0 nitrogen and oxygen atoms in total. The van der Waals surface area contributed by atoms with Crippen molar-refractivity contribution in [2.24, 2.45) is 0 Å². The summed E-state index contributed by atoms with van der Waals surface area (Å²) in [5.41, 5.74) is 2.31. The molecule has 0 unspecified atom stereocenters. The van der Waals surface area contributed by atoms with E-state index in [0.29, 0.717) is 0 Å². The highest BCUT2D eigenvalue weighted by molar-refractivity contribution is 5.37. The molecule has 0 radical (unpaired) electrons. The van der Waals surface area contributed by atoms with Crippen molar-refractivity contribution in [2.45, 2.75) is 32.1 Å². The molecule has 0 amide bonds. The smallest absolute Gasteiger partial charge is 0.126 e. The van der Waals surface area contributed by atoms with Crippen molar-refractivity contribution in [3.05, 3.63) is 35.1 Å². The van der Waals surface area contributed by atoms with E-state index < -0.39 is 0 Å². The Morgan fingerprint density at radius 1 is 1.33 bits per heavy atom. The molecule has 64 valence electrons. The fourth-order valence-electron chi connectivity index (χ4n) is 1.72. The number of halogens is 1. The summed E-state index contributed by atoms with van der Waals surface area (Å²) in [7, 11) is 0. The molecule has 1 heteroatoms. The normalized spacial score (nSPS) is 19.2. The largest absolute Gasteiger partial charge is 0.207 e. The zero-order valence-electron chi connectivity index (χ0n) is 7.52. The molecule has 1 aliphatic carbocycles. The third-order valence-electron chi connectivity index (χ3n) is 2.92. The molecule has 0 bridgehead atoms. The third kappa shape index (κ3) is 1.04. The number of rotatable bonds is 1. The van der Waals surface area contributed by atoms with Crippen LogP contribution in [0.3, 0.4) is 0 Å². The Bertz CT molecular complexity index is 311. The molecule has 0 aliphatic heterocycles. The van der Waals surface area contributed by atoms with E-state index in [9.17, 15) is 4.39 Å². The zero-order valence-corrected chi connectivity index (χ0v) is 7.52. The summed E-state index contributed by atoms with van der Waals surface area (Å²) in [5.74, 6) is -0.0689. The lowest BCUT2D eigenvalue weighted by Crippen LogP contribution is -2.03. The van der Waals surface area contributed by atoms with Gasteiger partial charge in [-0.15, -0.1) is 0 Å². The lowest BCUT2D eigenvalue weighted by molar-refractivity contribution is 0.609. The molecule has 0 N–H and O–H groups in total. The van der Waals surface area contributed by atoms with Gasteiger partial charge in [-0.2, -0.15) is 0 Å². The molecule has 0 atom stereocenters. The molecule has 1 aliphatic rings. The molecule has 2 rings (SSSR count). The van der Waals surface area contributed by atoms with E-state index in [-0.39, 0.29) is 11.2 Å². The summed E-state index contributed by atoms with van der Waals surface area (Å²) in [4.78, 5) is 0. The Morgan fingerprint density at radius 3 is 2.58 bits per heavy atom. The van der Waals surface area contributed by atoms with E-state index in [1.807, 2.05) is 13.0 Å². The number of hydrogen-bond donors (Lipinski definition) is 0. The lowest BCUT2D eigenvalue weighted by atomic mass is 9.94. The highest BCUT2D eigenvalue weighted by atomic mass is 19.1. The standard InChI is InChI=1S/C11H13F/c1-8-9(11(2)6-7-11)4-3-5-10(8)12/h3-5H,6-7H2,1-2H3. The molecule has 1 aromatic carbocycles. The van der Waals surface area contributed by atoms with E-state index in [1.54, 1.807) is 6.07 Å². The molecule has 1 fully saturated rings. The quantitative estimate of drug-likeness (QED) is 0.598. The van der Waals surface area contributed by atoms with Crippen LogP contribution in [0, 0.1) is 12.7 Å². The Hall–Kier alpha value is -0.850. The molecule has 0 aromatic heterocycles. The summed E-state index contributed by atoms with van der Waals surface area (Å²) in [5, 5.41) is 0. The van der Waals surface area contributed by atoms with Crippen LogP contribution in [-0.2, 0) is 5.41 Å². The molecule has 1 saturated carbocycles. The van der Waals surface area contributed by atoms with E-state index in [4.69, 9.17) is 0 Å². The van der Waals surface area contributed by atoms with E-state index in [1.165, 1.54) is 24.5 Å². The van der Waals surface area contributed by atoms with Gasteiger partial charge < -0.3 is 0 Å². The Morgan fingerprint density at radius 2 is 2.00 bits per heavy atom. The maximum atomic E-state index is 13.1. The molecular weight excluding hydrogens is 151 g/mol. The van der Waals surface area contributed by atoms with Crippen molar-refractivity contribution < 1.29 is 4.39 Å². The minimum absolute atomic E-state index is 0.0689. The first-order chi connectivity index (χ1) is 5.63. The first-order valence-electron chi connectivity index (χ1n) is 4.39. The van der Waals surface area contributed by atoms with Gasteiger partial charge in [-0.3, -0.25) is 0 Å². The van der Waals surface area contributed by atoms with Crippen LogP contribution in [-0.4, -0.2) is 0 Å². The van der Waals surface area contributed by atoms with Gasteiger partial charge in [-0.25, -0.2) is 4.39 Å². The van der Waals surface area contributed by atoms with Crippen molar-refractivity contribution in [3.8, 4) is 0 Å². The van der Waals surface area contributed by atoms with Crippen LogP contribution < -0.4 is 0 Å². The average molecular weight is 164 g/mol. The third-order valence-corrected chi connectivity index (χ3v) is 2.92. The fourth-order valence-corrected chi connectivity index (χ4v) is 1.72. The predicted octanol–water partition coefficient (Wildman–Crippen LogP) is 3.19. The van der Waals surface area contributed by atoms with Crippen LogP contribution in [0.15, 0.2) is 18.2 Å². The van der Waals surface area contributed by atoms with Gasteiger partial charge >= 0.3 is 0 Å². The summed E-state index contributed by atoms with van der Waals surface area (Å²) >= 11 is 0. The topological polar surface area (TPSA) is 0 Å². The van der Waals surface area contributed by atoms with Gasteiger partial charge in [0, 0.05) is 0 Å². The Kier molecular flexibility index (Phi) is 1.50. The second-order valence-corrected chi connectivity index (χ2v) is 3.97. The van der Waals surface area contributed by atoms with Crippen molar-refractivity contribution >= 4 is 0 Å². The second kappa shape index (κ2) is 2.32. The van der Waals surface area contributed by atoms with Gasteiger partial charge in [-0.05, 0) is 42.4 Å². The van der Waals surface area contributed by atoms with E-state index in [2.05, 4.69) is 6.92 Å². The minimum Gasteiger partial charge on any atom is -0.207 e. The summed E-state index contributed by atoms with van der Waals surface area (Å²) in [6.07, 6.45) is 2.41. The molecule has 0 heterocycles. The van der Waals surface area contributed by atoms with E-state index in [0.717, 1.165) is 5.56 Å². The van der Waals surface area contributed by atoms with Gasteiger partial charge in [0.2, 0.25) is 0 Å². The first-order valence-corrected chi connectivity index (χ1v) is 4.39. The molecule has 1 aromatic rings. The van der Waals surface area contributed by atoms with E-state index >= 15 is 0 Å². The van der Waals surface area contributed by atoms with Crippen LogP contribution in [0.25, 0.3) is 0 Å². The van der Waals surface area contributed by atoms with Crippen LogP contribution in [0.5, 0.6) is 0 Å². The Labute approximate surface area is 72.4 Å². The zero-order chi connectivity index (χ0) is 8.77. The maximum Gasteiger partial charge on any atom is 0.126 e. The van der Waals surface area contributed by atoms with Gasteiger partial charge in [0.05, 0.1) is 0 Å². The monoisotopic (exact) mass is 164 g/mol. The first kappa shape index (κ1) is 7.78. The average Bonchev–Trinajstić information content (AvgIpc) is 2.75. The van der Waals surface area contributed by atoms with Gasteiger partial charge in [0.15, 0.2) is 0 Å². The second-order valence-electron chi connectivity index (χ2n) is 3.97. The summed E-state index contributed by atoms with van der Waals surface area (Å²) < 4.78 is 13.1. The van der Waals surface area contributed by atoms with Crippen molar-refractivity contribution in [3.63, 3.8) is 0 Å². The highest BCUT2D eigenvalue weighted by Crippen LogP contribution is 2.48. The van der Waals surface area contributed by atoms with Crippen LogP contribution in [0.4, 0.5) is 4.39 Å². The van der Waals surface area contributed by atoms with Gasteiger partial charge in [0.1, 0.15) is 5.82 Å².